The van der Waals surface area contributed by atoms with Crippen molar-refractivity contribution in [1.82, 2.24) is 0 Å². The highest BCUT2D eigenvalue weighted by molar-refractivity contribution is 5.20. The van der Waals surface area contributed by atoms with Crippen LogP contribution in [0.5, 0.6) is 5.75 Å². The maximum absolute atomic E-state index is 5.81. The van der Waals surface area contributed by atoms with Gasteiger partial charge in [-0.1, -0.05) is 48.5 Å². The van der Waals surface area contributed by atoms with Crippen molar-refractivity contribution in [3.63, 3.8) is 0 Å². The molecule has 0 amide bonds. The first-order valence-corrected chi connectivity index (χ1v) is 8.45. The van der Waals surface area contributed by atoms with Gasteiger partial charge in [-0.15, -0.1) is 0 Å². The maximum Gasteiger partial charge on any atom is 0.137 e. The van der Waals surface area contributed by atoms with Crippen LogP contribution in [0.1, 0.15) is 18.4 Å². The Morgan fingerprint density at radius 3 is 2.18 bits per heavy atom. The first-order chi connectivity index (χ1) is 10.9. The molecule has 0 spiro atoms. The van der Waals surface area contributed by atoms with Gasteiger partial charge in [0.15, 0.2) is 0 Å². The van der Waals surface area contributed by atoms with Gasteiger partial charge in [0.2, 0.25) is 0 Å². The van der Waals surface area contributed by atoms with Gasteiger partial charge in [0, 0.05) is 0 Å². The zero-order valence-electron chi connectivity index (χ0n) is 13.2. The molecule has 1 N–H and O–H groups in total. The highest BCUT2D eigenvalue weighted by Gasteiger charge is 2.21. The SMILES string of the molecule is c1ccc(CC2CC[NH+](CCOc3ccccc3)CC2)cc1. The van der Waals surface area contributed by atoms with Crippen molar-refractivity contribution < 1.29 is 9.64 Å². The number of hydrogen-bond acceptors (Lipinski definition) is 1. The number of quaternary nitrogens is 1. The van der Waals surface area contributed by atoms with Crippen molar-refractivity contribution in [3.8, 4) is 5.75 Å². The minimum absolute atomic E-state index is 0.822. The molecule has 1 aliphatic heterocycles. The van der Waals surface area contributed by atoms with Crippen molar-refractivity contribution in [1.29, 1.82) is 0 Å². The topological polar surface area (TPSA) is 13.7 Å². The highest BCUT2D eigenvalue weighted by Crippen LogP contribution is 2.16. The van der Waals surface area contributed by atoms with Crippen LogP contribution in [0.2, 0.25) is 0 Å². The minimum atomic E-state index is 0.822. The van der Waals surface area contributed by atoms with Gasteiger partial charge in [0.25, 0.3) is 0 Å². The van der Waals surface area contributed by atoms with E-state index in [-0.39, 0.29) is 0 Å². The first kappa shape index (κ1) is 15.1. The molecule has 0 bridgehead atoms. The van der Waals surface area contributed by atoms with Crippen LogP contribution in [0.3, 0.4) is 0 Å². The Hall–Kier alpha value is -1.80. The Morgan fingerprint density at radius 1 is 0.864 bits per heavy atom. The molecule has 1 aliphatic rings. The lowest BCUT2D eigenvalue weighted by Gasteiger charge is -2.29. The predicted molar refractivity (Wildman–Crippen MR) is 90.4 cm³/mol. The normalized spacial score (nSPS) is 21.5. The van der Waals surface area contributed by atoms with Crippen LogP contribution in [0.15, 0.2) is 60.7 Å². The Morgan fingerprint density at radius 2 is 1.50 bits per heavy atom. The number of piperidine rings is 1. The third-order valence-electron chi connectivity index (χ3n) is 4.65. The van der Waals surface area contributed by atoms with Gasteiger partial charge >= 0.3 is 0 Å². The van der Waals surface area contributed by atoms with E-state index in [0.29, 0.717) is 0 Å². The smallest absolute Gasteiger partial charge is 0.137 e. The average Bonchev–Trinajstić information content (AvgIpc) is 2.58. The summed E-state index contributed by atoms with van der Waals surface area (Å²) < 4.78 is 5.81. The predicted octanol–water partition coefficient (Wildman–Crippen LogP) is 2.60. The number of rotatable bonds is 6. The zero-order valence-corrected chi connectivity index (χ0v) is 13.2. The Balaban J connectivity index is 1.35. The van der Waals surface area contributed by atoms with Crippen LogP contribution in [0.4, 0.5) is 0 Å². The number of benzene rings is 2. The van der Waals surface area contributed by atoms with Crippen LogP contribution >= 0.6 is 0 Å². The summed E-state index contributed by atoms with van der Waals surface area (Å²) in [4.78, 5) is 1.69. The second kappa shape index (κ2) is 8.00. The molecule has 116 valence electrons. The second-order valence-electron chi connectivity index (χ2n) is 6.29. The van der Waals surface area contributed by atoms with Crippen LogP contribution in [0.25, 0.3) is 0 Å². The molecule has 1 saturated heterocycles. The van der Waals surface area contributed by atoms with Crippen molar-refractivity contribution in [2.75, 3.05) is 26.2 Å². The molecule has 0 aromatic heterocycles. The van der Waals surface area contributed by atoms with E-state index in [0.717, 1.165) is 24.8 Å². The molecule has 2 aromatic rings. The molecule has 0 saturated carbocycles. The summed E-state index contributed by atoms with van der Waals surface area (Å²) in [6.07, 6.45) is 3.93. The summed E-state index contributed by atoms with van der Waals surface area (Å²) >= 11 is 0. The van der Waals surface area contributed by atoms with Gasteiger partial charge in [0.1, 0.15) is 18.9 Å². The summed E-state index contributed by atoms with van der Waals surface area (Å²) in [5.41, 5.74) is 1.49. The van der Waals surface area contributed by atoms with E-state index in [2.05, 4.69) is 30.3 Å². The van der Waals surface area contributed by atoms with Gasteiger partial charge in [-0.25, -0.2) is 0 Å². The lowest BCUT2D eigenvalue weighted by molar-refractivity contribution is -0.906. The van der Waals surface area contributed by atoms with Crippen LogP contribution in [-0.2, 0) is 6.42 Å². The molecule has 22 heavy (non-hydrogen) atoms. The van der Waals surface area contributed by atoms with Gasteiger partial charge in [0.05, 0.1) is 13.1 Å². The van der Waals surface area contributed by atoms with Crippen molar-refractivity contribution in [3.05, 3.63) is 66.2 Å². The van der Waals surface area contributed by atoms with E-state index in [9.17, 15) is 0 Å². The molecule has 0 aliphatic carbocycles. The molecule has 0 radical (unpaired) electrons. The zero-order chi connectivity index (χ0) is 15.0. The molecule has 3 rings (SSSR count). The first-order valence-electron chi connectivity index (χ1n) is 8.45. The van der Waals surface area contributed by atoms with Crippen molar-refractivity contribution in [2.24, 2.45) is 5.92 Å². The van der Waals surface area contributed by atoms with Crippen LogP contribution in [-0.4, -0.2) is 26.2 Å². The largest absolute Gasteiger partial charge is 0.488 e. The molecule has 0 atom stereocenters. The quantitative estimate of drug-likeness (QED) is 0.865. The van der Waals surface area contributed by atoms with Crippen LogP contribution in [0, 0.1) is 5.92 Å². The number of nitrogens with one attached hydrogen (secondary N) is 1. The Kier molecular flexibility index (Phi) is 5.49. The molecule has 1 heterocycles. The van der Waals surface area contributed by atoms with E-state index in [4.69, 9.17) is 4.74 Å². The summed E-state index contributed by atoms with van der Waals surface area (Å²) in [6.45, 7) is 4.51. The minimum Gasteiger partial charge on any atom is -0.488 e. The fourth-order valence-corrected chi connectivity index (χ4v) is 3.32. The van der Waals surface area contributed by atoms with E-state index in [1.54, 1.807) is 4.90 Å². The third-order valence-corrected chi connectivity index (χ3v) is 4.65. The van der Waals surface area contributed by atoms with Gasteiger partial charge in [-0.3, -0.25) is 0 Å². The molecule has 1 fully saturated rings. The maximum atomic E-state index is 5.81. The monoisotopic (exact) mass is 296 g/mol. The van der Waals surface area contributed by atoms with E-state index in [1.165, 1.54) is 37.9 Å². The number of ether oxygens (including phenoxy) is 1. The summed E-state index contributed by atoms with van der Waals surface area (Å²) in [7, 11) is 0. The fraction of sp³-hybridized carbons (Fsp3) is 0.400. The van der Waals surface area contributed by atoms with E-state index in [1.807, 2.05) is 30.3 Å². The molecular weight excluding hydrogens is 270 g/mol. The molecular formula is C20H26NO+. The standard InChI is InChI=1S/C20H25NO/c1-3-7-18(8-4-1)17-19-11-13-21(14-12-19)15-16-22-20-9-5-2-6-10-20/h1-10,19H,11-17H2/p+1. The van der Waals surface area contributed by atoms with Crippen molar-refractivity contribution in [2.45, 2.75) is 19.3 Å². The van der Waals surface area contributed by atoms with Gasteiger partial charge in [-0.2, -0.15) is 0 Å². The lowest BCUT2D eigenvalue weighted by Crippen LogP contribution is -3.13. The fourth-order valence-electron chi connectivity index (χ4n) is 3.32. The second-order valence-corrected chi connectivity index (χ2v) is 6.29. The molecule has 2 aromatic carbocycles. The lowest BCUT2D eigenvalue weighted by atomic mass is 9.90. The Labute approximate surface area is 133 Å². The average molecular weight is 296 g/mol. The van der Waals surface area contributed by atoms with Gasteiger partial charge in [-0.05, 0) is 42.9 Å². The van der Waals surface area contributed by atoms with E-state index >= 15 is 0 Å². The summed E-state index contributed by atoms with van der Waals surface area (Å²) in [6, 6.07) is 21.0. The number of likely N-dealkylation sites (tertiary alicyclic amines) is 1. The molecule has 2 heteroatoms. The molecule has 0 unspecified atom stereocenters. The van der Waals surface area contributed by atoms with Crippen molar-refractivity contribution >= 4 is 0 Å². The molecule has 2 nitrogen and oxygen atoms in total. The van der Waals surface area contributed by atoms with Gasteiger partial charge < -0.3 is 9.64 Å². The third kappa shape index (κ3) is 4.60. The number of hydrogen-bond donors (Lipinski definition) is 1. The van der Waals surface area contributed by atoms with E-state index < -0.39 is 0 Å². The summed E-state index contributed by atoms with van der Waals surface area (Å²) in [5.74, 6) is 1.85. The summed E-state index contributed by atoms with van der Waals surface area (Å²) in [5, 5.41) is 0. The highest BCUT2D eigenvalue weighted by atomic mass is 16.5. The number of para-hydroxylation sites is 1. The van der Waals surface area contributed by atoms with Crippen LogP contribution < -0.4 is 9.64 Å². The Bertz CT molecular complexity index is 532.